The van der Waals surface area contributed by atoms with Crippen LogP contribution in [0.25, 0.3) is 4.96 Å². The standard InChI is InChI=1S/C15H15N3O2S/c1-2-9-3-4-12(20-9)10-7-13(19)16-8-11-14(10)18-5-6-21-15(18)17-11/h3-6,10H,2,7-8H2,1H3,(H,16,19)/t10-/m1/s1. The molecule has 1 atom stereocenters. The Morgan fingerprint density at radius 3 is 3.24 bits per heavy atom. The summed E-state index contributed by atoms with van der Waals surface area (Å²) >= 11 is 1.60. The van der Waals surface area contributed by atoms with Crippen molar-refractivity contribution in [3.8, 4) is 0 Å². The van der Waals surface area contributed by atoms with E-state index in [0.717, 1.165) is 34.3 Å². The first kappa shape index (κ1) is 12.6. The van der Waals surface area contributed by atoms with Gasteiger partial charge in [-0.1, -0.05) is 6.92 Å². The zero-order valence-electron chi connectivity index (χ0n) is 11.6. The number of thiazole rings is 1. The molecule has 1 aliphatic heterocycles. The molecule has 0 spiro atoms. The van der Waals surface area contributed by atoms with Crippen LogP contribution in [0.5, 0.6) is 0 Å². The smallest absolute Gasteiger partial charge is 0.221 e. The van der Waals surface area contributed by atoms with Crippen molar-refractivity contribution in [1.82, 2.24) is 14.7 Å². The van der Waals surface area contributed by atoms with E-state index < -0.39 is 0 Å². The van der Waals surface area contributed by atoms with Gasteiger partial charge in [0.2, 0.25) is 5.91 Å². The van der Waals surface area contributed by atoms with Gasteiger partial charge in [0.05, 0.1) is 23.9 Å². The van der Waals surface area contributed by atoms with Crippen molar-refractivity contribution < 1.29 is 9.21 Å². The number of furan rings is 1. The maximum Gasteiger partial charge on any atom is 0.221 e. The van der Waals surface area contributed by atoms with Crippen molar-refractivity contribution in [3.63, 3.8) is 0 Å². The van der Waals surface area contributed by atoms with E-state index in [9.17, 15) is 4.79 Å². The number of carbonyl (C=O) groups excluding carboxylic acids is 1. The van der Waals surface area contributed by atoms with Gasteiger partial charge in [-0.3, -0.25) is 9.20 Å². The highest BCUT2D eigenvalue weighted by Crippen LogP contribution is 2.35. The Balaban J connectivity index is 1.89. The zero-order chi connectivity index (χ0) is 14.4. The van der Waals surface area contributed by atoms with E-state index in [-0.39, 0.29) is 11.8 Å². The SMILES string of the molecule is CCc1ccc([C@H]2CC(=O)NCc3nc4sccn4c32)o1. The topological polar surface area (TPSA) is 59.5 Å². The molecule has 0 fully saturated rings. The molecule has 21 heavy (non-hydrogen) atoms. The van der Waals surface area contributed by atoms with Crippen molar-refractivity contribution in [2.75, 3.05) is 0 Å². The van der Waals surface area contributed by atoms with E-state index in [1.54, 1.807) is 11.3 Å². The molecular formula is C15H15N3O2S. The van der Waals surface area contributed by atoms with E-state index in [4.69, 9.17) is 4.42 Å². The Labute approximate surface area is 125 Å². The molecule has 1 aliphatic rings. The van der Waals surface area contributed by atoms with Gasteiger partial charge in [0.25, 0.3) is 0 Å². The lowest BCUT2D eigenvalue weighted by Crippen LogP contribution is -2.21. The Morgan fingerprint density at radius 2 is 2.43 bits per heavy atom. The summed E-state index contributed by atoms with van der Waals surface area (Å²) in [4.78, 5) is 17.6. The third-order valence-electron chi connectivity index (χ3n) is 3.92. The van der Waals surface area contributed by atoms with Crippen molar-refractivity contribution in [2.45, 2.75) is 32.2 Å². The lowest BCUT2D eigenvalue weighted by atomic mass is 9.97. The van der Waals surface area contributed by atoms with Crippen LogP contribution >= 0.6 is 11.3 Å². The fourth-order valence-corrected chi connectivity index (χ4v) is 3.63. The molecule has 0 saturated heterocycles. The largest absolute Gasteiger partial charge is 0.465 e. The Kier molecular flexibility index (Phi) is 2.85. The molecule has 0 radical (unpaired) electrons. The van der Waals surface area contributed by atoms with Crippen molar-refractivity contribution in [3.05, 3.63) is 46.6 Å². The lowest BCUT2D eigenvalue weighted by Gasteiger charge is -2.11. The number of aryl methyl sites for hydroxylation is 1. The average Bonchev–Trinajstić information content (AvgIpc) is 3.16. The maximum absolute atomic E-state index is 12.0. The predicted octanol–water partition coefficient (Wildman–Crippen LogP) is 2.70. The van der Waals surface area contributed by atoms with Gasteiger partial charge in [0.15, 0.2) is 4.96 Å². The van der Waals surface area contributed by atoms with Gasteiger partial charge in [0, 0.05) is 24.4 Å². The average molecular weight is 301 g/mol. The summed E-state index contributed by atoms with van der Waals surface area (Å²) in [6, 6.07) is 3.97. The highest BCUT2D eigenvalue weighted by Gasteiger charge is 2.31. The minimum Gasteiger partial charge on any atom is -0.465 e. The summed E-state index contributed by atoms with van der Waals surface area (Å²) in [7, 11) is 0. The van der Waals surface area contributed by atoms with Gasteiger partial charge in [-0.2, -0.15) is 0 Å². The molecule has 5 nitrogen and oxygen atoms in total. The molecule has 0 unspecified atom stereocenters. The molecular weight excluding hydrogens is 286 g/mol. The predicted molar refractivity (Wildman–Crippen MR) is 79.5 cm³/mol. The molecule has 1 amide bonds. The van der Waals surface area contributed by atoms with Crippen molar-refractivity contribution >= 4 is 22.2 Å². The molecule has 6 heteroatoms. The molecule has 4 rings (SSSR count). The van der Waals surface area contributed by atoms with Crippen molar-refractivity contribution in [2.24, 2.45) is 0 Å². The molecule has 108 valence electrons. The molecule has 0 saturated carbocycles. The molecule has 3 aromatic heterocycles. The molecule has 4 heterocycles. The van der Waals surface area contributed by atoms with E-state index in [1.165, 1.54) is 0 Å². The Bertz CT molecular complexity index is 814. The molecule has 1 N–H and O–H groups in total. The van der Waals surface area contributed by atoms with Crippen LogP contribution in [0.2, 0.25) is 0 Å². The molecule has 0 aromatic carbocycles. The van der Waals surface area contributed by atoms with Crippen LogP contribution in [0.3, 0.4) is 0 Å². The summed E-state index contributed by atoms with van der Waals surface area (Å²) in [5, 5.41) is 4.93. The summed E-state index contributed by atoms with van der Waals surface area (Å²) in [6.07, 6.45) is 3.26. The summed E-state index contributed by atoms with van der Waals surface area (Å²) in [5.74, 6) is 1.75. The van der Waals surface area contributed by atoms with Gasteiger partial charge >= 0.3 is 0 Å². The van der Waals surface area contributed by atoms with E-state index in [1.807, 2.05) is 23.7 Å². The van der Waals surface area contributed by atoms with E-state index in [2.05, 4.69) is 21.6 Å². The third-order valence-corrected chi connectivity index (χ3v) is 4.68. The first-order valence-electron chi connectivity index (χ1n) is 7.06. The van der Waals surface area contributed by atoms with Crippen LogP contribution in [0.15, 0.2) is 28.1 Å². The number of nitrogens with zero attached hydrogens (tertiary/aromatic N) is 2. The summed E-state index contributed by atoms with van der Waals surface area (Å²) in [5.41, 5.74) is 2.01. The first-order valence-corrected chi connectivity index (χ1v) is 7.94. The van der Waals surface area contributed by atoms with Crippen LogP contribution in [-0.4, -0.2) is 15.3 Å². The van der Waals surface area contributed by atoms with Crippen LogP contribution in [0.4, 0.5) is 0 Å². The number of fused-ring (bicyclic) bond motifs is 3. The number of rotatable bonds is 2. The van der Waals surface area contributed by atoms with Crippen LogP contribution in [0.1, 0.15) is 42.2 Å². The number of imidazole rings is 1. The number of carbonyl (C=O) groups is 1. The Morgan fingerprint density at radius 1 is 1.52 bits per heavy atom. The minimum absolute atomic E-state index is 0.0384. The number of amides is 1. The van der Waals surface area contributed by atoms with Crippen molar-refractivity contribution in [1.29, 1.82) is 0 Å². The highest BCUT2D eigenvalue weighted by atomic mass is 32.1. The number of hydrogen-bond acceptors (Lipinski definition) is 4. The number of nitrogens with one attached hydrogen (secondary N) is 1. The monoisotopic (exact) mass is 301 g/mol. The second-order valence-corrected chi connectivity index (χ2v) is 6.06. The second kappa shape index (κ2) is 4.73. The molecule has 0 aliphatic carbocycles. The van der Waals surface area contributed by atoms with Gasteiger partial charge < -0.3 is 9.73 Å². The van der Waals surface area contributed by atoms with Gasteiger partial charge in [0.1, 0.15) is 11.5 Å². The van der Waals surface area contributed by atoms with Crippen LogP contribution < -0.4 is 5.32 Å². The lowest BCUT2D eigenvalue weighted by molar-refractivity contribution is -0.121. The first-order chi connectivity index (χ1) is 10.3. The van der Waals surface area contributed by atoms with Gasteiger partial charge in [-0.15, -0.1) is 11.3 Å². The highest BCUT2D eigenvalue weighted by molar-refractivity contribution is 7.15. The normalized spacial score (nSPS) is 18.5. The fourth-order valence-electron chi connectivity index (χ4n) is 2.89. The van der Waals surface area contributed by atoms with Crippen LogP contribution in [-0.2, 0) is 17.8 Å². The van der Waals surface area contributed by atoms with Crippen LogP contribution in [0, 0.1) is 0 Å². The zero-order valence-corrected chi connectivity index (χ0v) is 12.4. The number of hydrogen-bond donors (Lipinski definition) is 1. The summed E-state index contributed by atoms with van der Waals surface area (Å²) < 4.78 is 7.99. The molecule has 3 aromatic rings. The second-order valence-electron chi connectivity index (χ2n) is 5.19. The van der Waals surface area contributed by atoms with E-state index in [0.29, 0.717) is 13.0 Å². The Hall–Kier alpha value is -2.08. The maximum atomic E-state index is 12.0. The molecule has 0 bridgehead atoms. The van der Waals surface area contributed by atoms with Gasteiger partial charge in [-0.25, -0.2) is 4.98 Å². The van der Waals surface area contributed by atoms with Gasteiger partial charge in [-0.05, 0) is 12.1 Å². The third kappa shape index (κ3) is 1.98. The van der Waals surface area contributed by atoms with E-state index >= 15 is 0 Å². The quantitative estimate of drug-likeness (QED) is 0.791. The fraction of sp³-hybridized carbons (Fsp3) is 0.333. The minimum atomic E-state index is -0.0765. The summed E-state index contributed by atoms with van der Waals surface area (Å²) in [6.45, 7) is 2.55. The number of aromatic nitrogens is 2.